The zero-order valence-electron chi connectivity index (χ0n) is 28.2. The average molecular weight is 650 g/mol. The summed E-state index contributed by atoms with van der Waals surface area (Å²) in [7, 11) is 0. The first-order valence-electron chi connectivity index (χ1n) is 17.6. The first-order valence-corrected chi connectivity index (χ1v) is 17.6. The Bertz CT molecular complexity index is 2560. The Morgan fingerprint density at radius 3 is 1.78 bits per heavy atom. The summed E-state index contributed by atoms with van der Waals surface area (Å²) in [6, 6.07) is 51.9. The maximum atomic E-state index is 5.09. The van der Waals surface area contributed by atoms with E-state index in [2.05, 4.69) is 135 Å². The van der Waals surface area contributed by atoms with Crippen molar-refractivity contribution in [2.45, 2.75) is 12.3 Å². The predicted octanol–water partition coefficient (Wildman–Crippen LogP) is 9.39. The Balaban J connectivity index is 1.25. The fraction of sp³-hybridized carbons (Fsp3) is 0.0426. The smallest absolute Gasteiger partial charge is 0.208 e. The van der Waals surface area contributed by atoms with Gasteiger partial charge in [0.1, 0.15) is 0 Å². The molecule has 6 aromatic carbocycles. The second kappa shape index (κ2) is 11.3. The number of aromatic nitrogens is 3. The number of hydrogen-bond acceptors (Lipinski definition) is 3. The summed E-state index contributed by atoms with van der Waals surface area (Å²) in [5.74, 6) is 1.96. The van der Waals surface area contributed by atoms with E-state index in [1.54, 1.807) is 0 Å². The molecule has 7 aromatic rings. The molecule has 1 unspecified atom stereocenters. The van der Waals surface area contributed by atoms with Crippen molar-refractivity contribution in [2.24, 2.45) is 0 Å². The van der Waals surface area contributed by atoms with Gasteiger partial charge in [0.2, 0.25) is 6.71 Å². The highest BCUT2D eigenvalue weighted by Gasteiger charge is 2.56. The number of allylic oxidation sites excluding steroid dienone is 5. The molecule has 1 aliphatic carbocycles. The summed E-state index contributed by atoms with van der Waals surface area (Å²) in [6.45, 7) is 6.61. The largest absolute Gasteiger partial charge is 0.243 e. The molecule has 0 N–H and O–H groups in total. The van der Waals surface area contributed by atoms with Gasteiger partial charge in [-0.2, -0.15) is 0 Å². The topological polar surface area (TPSA) is 38.7 Å². The van der Waals surface area contributed by atoms with E-state index in [-0.39, 0.29) is 6.71 Å². The van der Waals surface area contributed by atoms with Gasteiger partial charge in [0, 0.05) is 16.7 Å². The Kier molecular flexibility index (Phi) is 6.56. The SMILES string of the molecule is C=C/C=C1\C(=C/C)B2c3ccccc3-c3cccc(c32)C12c1ccccc1-c1cc(-c3nc(-c4ccccc4)nc(-c4ccccc4)n3)ccc12. The molecule has 0 saturated heterocycles. The van der Waals surface area contributed by atoms with Gasteiger partial charge in [0.15, 0.2) is 17.5 Å². The van der Waals surface area contributed by atoms with Crippen LogP contribution >= 0.6 is 0 Å². The summed E-state index contributed by atoms with van der Waals surface area (Å²) in [5.41, 5.74) is 16.7. The van der Waals surface area contributed by atoms with Gasteiger partial charge in [-0.1, -0.05) is 181 Å². The minimum absolute atomic E-state index is 0.169. The second-order valence-corrected chi connectivity index (χ2v) is 13.4. The van der Waals surface area contributed by atoms with E-state index >= 15 is 0 Å². The normalized spacial score (nSPS) is 17.7. The number of hydrogen-bond donors (Lipinski definition) is 0. The van der Waals surface area contributed by atoms with Crippen molar-refractivity contribution in [3.8, 4) is 56.4 Å². The minimum Gasteiger partial charge on any atom is -0.208 e. The number of fused-ring (bicyclic) bond motifs is 9. The Morgan fingerprint density at radius 2 is 1.10 bits per heavy atom. The molecule has 1 atom stereocenters. The average Bonchev–Trinajstić information content (AvgIpc) is 3.69. The van der Waals surface area contributed by atoms with E-state index in [0.717, 1.165) is 16.7 Å². The minimum atomic E-state index is -0.520. The molecule has 0 fully saturated rings. The van der Waals surface area contributed by atoms with Crippen molar-refractivity contribution in [1.82, 2.24) is 15.0 Å². The third kappa shape index (κ3) is 4.11. The first-order chi connectivity index (χ1) is 25.2. The number of nitrogens with zero attached hydrogens (tertiary/aromatic N) is 3. The summed E-state index contributed by atoms with van der Waals surface area (Å²) < 4.78 is 0. The first kappa shape index (κ1) is 29.5. The summed E-state index contributed by atoms with van der Waals surface area (Å²) in [6.07, 6.45) is 6.56. The lowest BCUT2D eigenvalue weighted by Crippen LogP contribution is -2.53. The van der Waals surface area contributed by atoms with E-state index < -0.39 is 5.41 Å². The monoisotopic (exact) mass is 649 g/mol. The van der Waals surface area contributed by atoms with Crippen LogP contribution in [0.1, 0.15) is 23.6 Å². The van der Waals surface area contributed by atoms with Crippen molar-refractivity contribution in [2.75, 3.05) is 0 Å². The van der Waals surface area contributed by atoms with Gasteiger partial charge in [0.25, 0.3) is 0 Å². The molecule has 0 amide bonds. The van der Waals surface area contributed by atoms with Crippen molar-refractivity contribution < 1.29 is 0 Å². The van der Waals surface area contributed by atoms with Crippen LogP contribution in [0.3, 0.4) is 0 Å². The highest BCUT2D eigenvalue weighted by molar-refractivity contribution is 6.96. The van der Waals surface area contributed by atoms with E-state index in [1.807, 2.05) is 42.5 Å². The summed E-state index contributed by atoms with van der Waals surface area (Å²) >= 11 is 0. The third-order valence-corrected chi connectivity index (χ3v) is 11.0. The molecule has 238 valence electrons. The molecular weight excluding hydrogens is 617 g/mol. The third-order valence-electron chi connectivity index (χ3n) is 11.0. The van der Waals surface area contributed by atoms with Gasteiger partial charge in [-0.25, -0.2) is 15.0 Å². The van der Waals surface area contributed by atoms with Crippen LogP contribution in [0.15, 0.2) is 181 Å². The van der Waals surface area contributed by atoms with Crippen LogP contribution in [0, 0.1) is 0 Å². The quantitative estimate of drug-likeness (QED) is 0.179. The highest BCUT2D eigenvalue weighted by Crippen LogP contribution is 2.60. The molecule has 0 radical (unpaired) electrons. The molecule has 51 heavy (non-hydrogen) atoms. The van der Waals surface area contributed by atoms with E-state index in [0.29, 0.717) is 17.5 Å². The van der Waals surface area contributed by atoms with Crippen LogP contribution in [0.4, 0.5) is 0 Å². The van der Waals surface area contributed by atoms with Crippen LogP contribution in [0.5, 0.6) is 0 Å². The molecule has 0 saturated carbocycles. The highest BCUT2D eigenvalue weighted by atomic mass is 15.0. The molecule has 10 rings (SSSR count). The van der Waals surface area contributed by atoms with Crippen molar-refractivity contribution in [1.29, 1.82) is 0 Å². The fourth-order valence-electron chi connectivity index (χ4n) is 9.03. The fourth-order valence-corrected chi connectivity index (χ4v) is 9.03. The zero-order chi connectivity index (χ0) is 34.1. The van der Waals surface area contributed by atoms with Gasteiger partial charge in [-0.3, -0.25) is 0 Å². The standard InChI is InChI=1S/C47H32BN3/c1-3-16-39-41(4-2)48-42-26-14-12-22-34(42)35-23-15-25-40(43(35)48)47(39)37-24-13-11-21-33(37)36-29-32(27-28-38(36)47)46-50-44(30-17-7-5-8-18-30)49-45(51-46)31-19-9-6-10-20-31/h3-29H,1H2,2H3/b39-16+,41-4+. The molecule has 0 bridgehead atoms. The lowest BCUT2D eigenvalue weighted by atomic mass is 9.30. The second-order valence-electron chi connectivity index (χ2n) is 13.4. The van der Waals surface area contributed by atoms with E-state index in [1.165, 1.54) is 60.9 Å². The lowest BCUT2D eigenvalue weighted by molar-refractivity contribution is 0.762. The predicted molar refractivity (Wildman–Crippen MR) is 210 cm³/mol. The van der Waals surface area contributed by atoms with E-state index in [9.17, 15) is 0 Å². The van der Waals surface area contributed by atoms with Gasteiger partial charge >= 0.3 is 0 Å². The van der Waals surface area contributed by atoms with Crippen LogP contribution in [-0.2, 0) is 5.41 Å². The van der Waals surface area contributed by atoms with Crippen LogP contribution in [0.25, 0.3) is 56.4 Å². The van der Waals surface area contributed by atoms with Crippen molar-refractivity contribution >= 4 is 17.6 Å². The molecule has 1 spiro atoms. The van der Waals surface area contributed by atoms with Gasteiger partial charge in [0.05, 0.1) is 5.41 Å². The molecule has 3 nitrogen and oxygen atoms in total. The Hall–Kier alpha value is -6.39. The molecule has 1 aromatic heterocycles. The number of benzene rings is 6. The van der Waals surface area contributed by atoms with Crippen LogP contribution in [0.2, 0.25) is 0 Å². The summed E-state index contributed by atoms with van der Waals surface area (Å²) in [4.78, 5) is 15.1. The summed E-state index contributed by atoms with van der Waals surface area (Å²) in [5, 5.41) is 0. The van der Waals surface area contributed by atoms with Crippen LogP contribution < -0.4 is 10.9 Å². The Labute approximate surface area is 298 Å². The van der Waals surface area contributed by atoms with Gasteiger partial charge in [-0.15, -0.1) is 0 Å². The molecule has 3 aliphatic rings. The zero-order valence-corrected chi connectivity index (χ0v) is 28.2. The molecule has 3 heterocycles. The molecule has 2 aliphatic heterocycles. The maximum Gasteiger partial charge on any atom is 0.243 e. The van der Waals surface area contributed by atoms with Gasteiger partial charge < -0.3 is 0 Å². The molecular formula is C47H32BN3. The Morgan fingerprint density at radius 1 is 0.529 bits per heavy atom. The maximum absolute atomic E-state index is 5.09. The number of rotatable bonds is 4. The van der Waals surface area contributed by atoms with Crippen molar-refractivity contribution in [3.05, 3.63) is 198 Å². The van der Waals surface area contributed by atoms with Gasteiger partial charge in [-0.05, 0) is 57.5 Å². The lowest BCUT2D eigenvalue weighted by Gasteiger charge is -2.44. The molecule has 4 heteroatoms. The van der Waals surface area contributed by atoms with E-state index in [4.69, 9.17) is 15.0 Å². The van der Waals surface area contributed by atoms with Crippen LogP contribution in [-0.4, -0.2) is 21.7 Å². The van der Waals surface area contributed by atoms with Crippen molar-refractivity contribution in [3.63, 3.8) is 0 Å².